The summed E-state index contributed by atoms with van der Waals surface area (Å²) < 4.78 is 16.6. The van der Waals surface area contributed by atoms with Gasteiger partial charge in [-0.15, -0.1) is 0 Å². The molecule has 12 heteroatoms. The number of rotatable bonds is 7. The largest absolute Gasteiger partial charge is 0.495 e. The SMILES string of the molecule is C=CC(=O)NC1CCOCC1Nc1ncc2c(n1)-c1ncccc1N(c1c(Cl)c(OC)cc(OC)c1Cl)C2. The lowest BCUT2D eigenvalue weighted by atomic mass is 10.0. The standard InChI is InChI=1S/C26H26Cl2N6O4/c1-4-20(35)31-15-7-9-38-13-16(15)32-26-30-11-14-12-34(17-6-5-8-29-24(17)23(14)33-26)25-21(27)18(36-2)10-19(37-3)22(25)28/h4-6,8,10-11,15-16H,1,7,9,12-13H2,2-3H3,(H,31,35)(H,30,32,33). The predicted octanol–water partition coefficient (Wildman–Crippen LogP) is 4.39. The van der Waals surface area contributed by atoms with E-state index in [1.54, 1.807) is 18.5 Å². The van der Waals surface area contributed by atoms with Crippen molar-refractivity contribution in [1.29, 1.82) is 0 Å². The van der Waals surface area contributed by atoms with Gasteiger partial charge in [0.1, 0.15) is 32.9 Å². The highest BCUT2D eigenvalue weighted by Crippen LogP contribution is 2.51. The maximum Gasteiger partial charge on any atom is 0.243 e. The van der Waals surface area contributed by atoms with Crippen molar-refractivity contribution in [2.24, 2.45) is 0 Å². The molecule has 1 aromatic carbocycles. The number of methoxy groups -OCH3 is 2. The molecule has 198 valence electrons. The summed E-state index contributed by atoms with van der Waals surface area (Å²) in [6, 6.07) is 5.05. The van der Waals surface area contributed by atoms with E-state index in [1.807, 2.05) is 17.0 Å². The Morgan fingerprint density at radius 3 is 2.66 bits per heavy atom. The van der Waals surface area contributed by atoms with Gasteiger partial charge in [-0.2, -0.15) is 0 Å². The number of carbonyl (C=O) groups excluding carboxylic acids is 1. The molecule has 2 aliphatic heterocycles. The summed E-state index contributed by atoms with van der Waals surface area (Å²) in [5, 5.41) is 6.97. The lowest BCUT2D eigenvalue weighted by Gasteiger charge is -2.34. The van der Waals surface area contributed by atoms with Crippen LogP contribution in [-0.4, -0.2) is 60.4 Å². The van der Waals surface area contributed by atoms with E-state index >= 15 is 0 Å². The van der Waals surface area contributed by atoms with E-state index in [0.717, 1.165) is 11.3 Å². The summed E-state index contributed by atoms with van der Waals surface area (Å²) in [6.07, 6.45) is 5.36. The molecule has 0 saturated carbocycles. The second-order valence-corrected chi connectivity index (χ2v) is 9.47. The second-order valence-electron chi connectivity index (χ2n) is 8.72. The molecular formula is C26H26Cl2N6O4. The molecule has 38 heavy (non-hydrogen) atoms. The van der Waals surface area contributed by atoms with Crippen molar-refractivity contribution in [3.05, 3.63) is 58.9 Å². The van der Waals surface area contributed by atoms with Crippen LogP contribution < -0.4 is 25.0 Å². The topological polar surface area (TPSA) is 111 Å². The van der Waals surface area contributed by atoms with Gasteiger partial charge >= 0.3 is 0 Å². The van der Waals surface area contributed by atoms with Crippen molar-refractivity contribution in [3.8, 4) is 22.9 Å². The Kier molecular flexibility index (Phi) is 7.55. The third-order valence-corrected chi connectivity index (χ3v) is 7.23. The van der Waals surface area contributed by atoms with E-state index in [2.05, 4.69) is 27.2 Å². The number of benzene rings is 1. The van der Waals surface area contributed by atoms with Crippen molar-refractivity contribution >= 4 is 46.4 Å². The fraction of sp³-hybridized carbons (Fsp3) is 0.308. The molecule has 1 saturated heterocycles. The van der Waals surface area contributed by atoms with Crippen molar-refractivity contribution in [2.45, 2.75) is 25.0 Å². The number of amides is 1. The van der Waals surface area contributed by atoms with E-state index in [9.17, 15) is 4.79 Å². The van der Waals surface area contributed by atoms with E-state index in [-0.39, 0.29) is 18.0 Å². The molecule has 0 bridgehead atoms. The third kappa shape index (κ3) is 4.82. The molecule has 0 radical (unpaired) electrons. The number of aromatic nitrogens is 3. The zero-order valence-electron chi connectivity index (χ0n) is 20.8. The summed E-state index contributed by atoms with van der Waals surface area (Å²) in [5.41, 5.74) is 3.45. The minimum Gasteiger partial charge on any atom is -0.495 e. The lowest BCUT2D eigenvalue weighted by molar-refractivity contribution is -0.117. The molecule has 3 aromatic rings. The zero-order chi connectivity index (χ0) is 26.8. The molecule has 10 nitrogen and oxygen atoms in total. The Labute approximate surface area is 229 Å². The summed E-state index contributed by atoms with van der Waals surface area (Å²) in [4.78, 5) is 27.9. The molecule has 5 rings (SSSR count). The Hall–Kier alpha value is -3.60. The van der Waals surface area contributed by atoms with Gasteiger partial charge in [0.05, 0.1) is 50.8 Å². The first-order chi connectivity index (χ1) is 18.4. The van der Waals surface area contributed by atoms with Gasteiger partial charge in [0, 0.05) is 30.6 Å². The quantitative estimate of drug-likeness (QED) is 0.409. The number of halogens is 2. The number of hydrogen-bond donors (Lipinski definition) is 2. The Morgan fingerprint density at radius 2 is 1.95 bits per heavy atom. The average Bonchev–Trinajstić information content (AvgIpc) is 2.94. The first-order valence-electron chi connectivity index (χ1n) is 11.9. The van der Waals surface area contributed by atoms with Crippen molar-refractivity contribution < 1.29 is 19.0 Å². The second kappa shape index (κ2) is 11.0. The van der Waals surface area contributed by atoms with Gasteiger partial charge in [-0.05, 0) is 24.6 Å². The zero-order valence-corrected chi connectivity index (χ0v) is 22.3. The first kappa shape index (κ1) is 26.0. The van der Waals surface area contributed by atoms with Crippen LogP contribution in [0.25, 0.3) is 11.4 Å². The third-order valence-electron chi connectivity index (χ3n) is 6.50. The number of anilines is 3. The van der Waals surface area contributed by atoms with Gasteiger partial charge in [0.2, 0.25) is 11.9 Å². The van der Waals surface area contributed by atoms with Gasteiger partial charge < -0.3 is 29.7 Å². The van der Waals surface area contributed by atoms with Crippen molar-refractivity contribution in [1.82, 2.24) is 20.3 Å². The number of hydrogen-bond acceptors (Lipinski definition) is 9. The number of fused-ring (bicyclic) bond motifs is 3. The molecule has 2 aromatic heterocycles. The number of ether oxygens (including phenoxy) is 3. The molecule has 2 unspecified atom stereocenters. The van der Waals surface area contributed by atoms with Crippen LogP contribution in [-0.2, 0) is 16.1 Å². The summed E-state index contributed by atoms with van der Waals surface area (Å²) in [5.74, 6) is 1.03. The maximum atomic E-state index is 11.9. The Balaban J connectivity index is 1.51. The van der Waals surface area contributed by atoms with Gasteiger partial charge in [-0.25, -0.2) is 9.97 Å². The molecule has 0 aliphatic carbocycles. The fourth-order valence-electron chi connectivity index (χ4n) is 4.62. The van der Waals surface area contributed by atoms with Crippen LogP contribution in [0.3, 0.4) is 0 Å². The monoisotopic (exact) mass is 556 g/mol. The van der Waals surface area contributed by atoms with Crippen molar-refractivity contribution in [3.63, 3.8) is 0 Å². The van der Waals surface area contributed by atoms with Crippen LogP contribution in [0.5, 0.6) is 11.5 Å². The van der Waals surface area contributed by atoms with Gasteiger partial charge in [-0.1, -0.05) is 29.8 Å². The minimum absolute atomic E-state index is 0.151. The molecule has 2 N–H and O–H groups in total. The Bertz CT molecular complexity index is 1360. The highest BCUT2D eigenvalue weighted by molar-refractivity contribution is 6.41. The number of nitrogens with zero attached hydrogens (tertiary/aromatic N) is 4. The molecule has 1 fully saturated rings. The average molecular weight is 557 g/mol. The molecule has 4 heterocycles. The Morgan fingerprint density at radius 1 is 1.18 bits per heavy atom. The van der Waals surface area contributed by atoms with Crippen LogP contribution in [0.1, 0.15) is 12.0 Å². The maximum absolute atomic E-state index is 11.9. The highest BCUT2D eigenvalue weighted by Gasteiger charge is 2.32. The van der Waals surface area contributed by atoms with E-state index in [1.165, 1.54) is 20.3 Å². The molecule has 1 amide bonds. The van der Waals surface area contributed by atoms with Gasteiger partial charge in [0.15, 0.2) is 0 Å². The molecule has 0 spiro atoms. The normalized spacial score (nSPS) is 18.2. The summed E-state index contributed by atoms with van der Waals surface area (Å²) in [7, 11) is 3.07. The van der Waals surface area contributed by atoms with Gasteiger partial charge in [0.25, 0.3) is 0 Å². The van der Waals surface area contributed by atoms with E-state index in [4.69, 9.17) is 42.4 Å². The smallest absolute Gasteiger partial charge is 0.243 e. The molecule has 2 aliphatic rings. The van der Waals surface area contributed by atoms with Crippen molar-refractivity contribution in [2.75, 3.05) is 37.7 Å². The van der Waals surface area contributed by atoms with E-state index < -0.39 is 0 Å². The van der Waals surface area contributed by atoms with Crippen LogP contribution in [0.2, 0.25) is 10.0 Å². The fourth-order valence-corrected chi connectivity index (χ4v) is 5.32. The van der Waals surface area contributed by atoms with Crippen LogP contribution >= 0.6 is 23.2 Å². The summed E-state index contributed by atoms with van der Waals surface area (Å²) in [6.45, 7) is 4.87. The molecule has 2 atom stereocenters. The number of nitrogens with one attached hydrogen (secondary N) is 2. The first-order valence-corrected chi connectivity index (χ1v) is 12.7. The molecular weight excluding hydrogens is 531 g/mol. The lowest BCUT2D eigenvalue weighted by Crippen LogP contribution is -2.52. The number of pyridine rings is 1. The minimum atomic E-state index is -0.236. The van der Waals surface area contributed by atoms with Crippen LogP contribution in [0.15, 0.2) is 43.2 Å². The number of carbonyl (C=O) groups is 1. The van der Waals surface area contributed by atoms with Crippen LogP contribution in [0, 0.1) is 0 Å². The van der Waals surface area contributed by atoms with Crippen LogP contribution in [0.4, 0.5) is 17.3 Å². The predicted molar refractivity (Wildman–Crippen MR) is 146 cm³/mol. The summed E-state index contributed by atoms with van der Waals surface area (Å²) >= 11 is 13.5. The highest BCUT2D eigenvalue weighted by atomic mass is 35.5. The van der Waals surface area contributed by atoms with Gasteiger partial charge in [-0.3, -0.25) is 9.78 Å². The van der Waals surface area contributed by atoms with E-state index in [0.29, 0.717) is 70.7 Å².